The van der Waals surface area contributed by atoms with Crippen LogP contribution in [0.5, 0.6) is 0 Å². The SMILES string of the molecule is CC(C)Nc1cccnc1N1CCN(C(=O)c2ccc(C(=O)N[C@H](CO)C(C)C)cn2)CC1. The molecule has 3 heterocycles. The van der Waals surface area contributed by atoms with Gasteiger partial charge in [-0.1, -0.05) is 13.8 Å². The van der Waals surface area contributed by atoms with Crippen molar-refractivity contribution in [3.8, 4) is 0 Å². The van der Waals surface area contributed by atoms with E-state index in [1.54, 1.807) is 23.2 Å². The predicted molar refractivity (Wildman–Crippen MR) is 129 cm³/mol. The summed E-state index contributed by atoms with van der Waals surface area (Å²) in [5, 5.41) is 15.6. The molecule has 0 aliphatic carbocycles. The van der Waals surface area contributed by atoms with Crippen molar-refractivity contribution in [3.05, 3.63) is 47.9 Å². The third kappa shape index (κ3) is 6.19. The Morgan fingerprint density at radius 2 is 1.79 bits per heavy atom. The van der Waals surface area contributed by atoms with E-state index in [2.05, 4.69) is 39.3 Å². The molecule has 0 spiro atoms. The highest BCUT2D eigenvalue weighted by atomic mass is 16.3. The van der Waals surface area contributed by atoms with E-state index in [9.17, 15) is 14.7 Å². The number of carbonyl (C=O) groups excluding carboxylic acids is 2. The topological polar surface area (TPSA) is 111 Å². The van der Waals surface area contributed by atoms with E-state index in [1.807, 2.05) is 26.0 Å². The van der Waals surface area contributed by atoms with Crippen LogP contribution in [0.1, 0.15) is 48.5 Å². The van der Waals surface area contributed by atoms with Gasteiger partial charge in [-0.15, -0.1) is 0 Å². The van der Waals surface area contributed by atoms with Crippen molar-refractivity contribution in [2.24, 2.45) is 5.92 Å². The molecule has 178 valence electrons. The number of nitrogens with one attached hydrogen (secondary N) is 2. The Labute approximate surface area is 195 Å². The fraction of sp³-hybridized carbons (Fsp3) is 0.500. The Balaban J connectivity index is 1.59. The van der Waals surface area contributed by atoms with Crippen molar-refractivity contribution >= 4 is 23.3 Å². The second-order valence-corrected chi connectivity index (χ2v) is 8.89. The molecule has 9 heteroatoms. The number of carbonyl (C=O) groups is 2. The van der Waals surface area contributed by atoms with Gasteiger partial charge in [-0.3, -0.25) is 14.6 Å². The van der Waals surface area contributed by atoms with E-state index < -0.39 is 0 Å². The van der Waals surface area contributed by atoms with Crippen molar-refractivity contribution in [1.82, 2.24) is 20.2 Å². The largest absolute Gasteiger partial charge is 0.394 e. The number of hydrogen-bond acceptors (Lipinski definition) is 7. The Hall–Kier alpha value is -3.20. The Morgan fingerprint density at radius 1 is 1.06 bits per heavy atom. The summed E-state index contributed by atoms with van der Waals surface area (Å²) in [5.74, 6) is 0.534. The van der Waals surface area contributed by atoms with Gasteiger partial charge < -0.3 is 25.5 Å². The first-order valence-corrected chi connectivity index (χ1v) is 11.4. The molecule has 2 aromatic rings. The van der Waals surface area contributed by atoms with Crippen molar-refractivity contribution in [3.63, 3.8) is 0 Å². The summed E-state index contributed by atoms with van der Waals surface area (Å²) < 4.78 is 0. The van der Waals surface area contributed by atoms with Crippen molar-refractivity contribution in [2.75, 3.05) is 43.0 Å². The van der Waals surface area contributed by atoms with Crippen LogP contribution in [-0.2, 0) is 0 Å². The lowest BCUT2D eigenvalue weighted by Crippen LogP contribution is -2.49. The van der Waals surface area contributed by atoms with Gasteiger partial charge in [0.1, 0.15) is 5.69 Å². The number of aliphatic hydroxyl groups excluding tert-OH is 1. The predicted octanol–water partition coefficient (Wildman–Crippen LogP) is 2.01. The highest BCUT2D eigenvalue weighted by molar-refractivity contribution is 5.96. The number of aromatic nitrogens is 2. The second kappa shape index (κ2) is 11.1. The molecule has 0 aromatic carbocycles. The van der Waals surface area contributed by atoms with E-state index in [0.717, 1.165) is 11.5 Å². The van der Waals surface area contributed by atoms with Crippen molar-refractivity contribution in [1.29, 1.82) is 0 Å². The van der Waals surface area contributed by atoms with Gasteiger partial charge in [0.05, 0.1) is 23.9 Å². The molecule has 0 bridgehead atoms. The van der Waals surface area contributed by atoms with Crippen LogP contribution in [0.4, 0.5) is 11.5 Å². The maximum Gasteiger partial charge on any atom is 0.272 e. The average molecular weight is 455 g/mol. The van der Waals surface area contributed by atoms with Crippen LogP contribution in [0.25, 0.3) is 0 Å². The molecule has 1 aliphatic heterocycles. The molecular formula is C24H34N6O3. The van der Waals surface area contributed by atoms with Gasteiger partial charge in [0.25, 0.3) is 11.8 Å². The lowest BCUT2D eigenvalue weighted by atomic mass is 10.1. The minimum absolute atomic E-state index is 0.106. The minimum atomic E-state index is -0.328. The number of amides is 2. The molecular weight excluding hydrogens is 420 g/mol. The van der Waals surface area contributed by atoms with Gasteiger partial charge in [0.2, 0.25) is 0 Å². The summed E-state index contributed by atoms with van der Waals surface area (Å²) in [4.78, 5) is 38.1. The van der Waals surface area contributed by atoms with Gasteiger partial charge in [-0.05, 0) is 44.0 Å². The van der Waals surface area contributed by atoms with Crippen LogP contribution in [0.15, 0.2) is 36.7 Å². The Bertz CT molecular complexity index is 939. The van der Waals surface area contributed by atoms with Crippen LogP contribution in [0.3, 0.4) is 0 Å². The number of piperazine rings is 1. The summed E-state index contributed by atoms with van der Waals surface area (Å²) in [6, 6.07) is 7.08. The fourth-order valence-electron chi connectivity index (χ4n) is 3.69. The van der Waals surface area contributed by atoms with E-state index in [-0.39, 0.29) is 30.4 Å². The van der Waals surface area contributed by atoms with Crippen LogP contribution in [-0.4, -0.2) is 76.7 Å². The Kier molecular flexibility index (Phi) is 8.21. The molecule has 1 saturated heterocycles. The van der Waals surface area contributed by atoms with Crippen LogP contribution >= 0.6 is 0 Å². The fourth-order valence-corrected chi connectivity index (χ4v) is 3.69. The molecule has 3 rings (SSSR count). The molecule has 1 aliphatic rings. The maximum absolute atomic E-state index is 12.9. The number of hydrogen-bond donors (Lipinski definition) is 3. The molecule has 9 nitrogen and oxygen atoms in total. The first kappa shape index (κ1) is 24.4. The zero-order chi connectivity index (χ0) is 24.0. The molecule has 0 unspecified atom stereocenters. The Morgan fingerprint density at radius 3 is 2.36 bits per heavy atom. The first-order valence-electron chi connectivity index (χ1n) is 11.4. The van der Waals surface area contributed by atoms with Gasteiger partial charge in [-0.2, -0.15) is 0 Å². The van der Waals surface area contributed by atoms with E-state index in [4.69, 9.17) is 0 Å². The maximum atomic E-state index is 12.9. The number of aliphatic hydroxyl groups is 1. The van der Waals surface area contributed by atoms with Gasteiger partial charge >= 0.3 is 0 Å². The van der Waals surface area contributed by atoms with E-state index in [0.29, 0.717) is 43.5 Å². The van der Waals surface area contributed by atoms with Gasteiger partial charge in [-0.25, -0.2) is 4.98 Å². The number of anilines is 2. The lowest BCUT2D eigenvalue weighted by Gasteiger charge is -2.36. The lowest BCUT2D eigenvalue weighted by molar-refractivity contribution is 0.0739. The molecule has 1 atom stereocenters. The molecule has 1 fully saturated rings. The van der Waals surface area contributed by atoms with E-state index in [1.165, 1.54) is 6.20 Å². The van der Waals surface area contributed by atoms with Crippen LogP contribution < -0.4 is 15.5 Å². The molecule has 2 amide bonds. The summed E-state index contributed by atoms with van der Waals surface area (Å²) in [5.41, 5.74) is 1.65. The zero-order valence-corrected chi connectivity index (χ0v) is 19.8. The summed E-state index contributed by atoms with van der Waals surface area (Å²) in [7, 11) is 0. The smallest absolute Gasteiger partial charge is 0.272 e. The highest BCUT2D eigenvalue weighted by Gasteiger charge is 2.25. The molecule has 0 saturated carbocycles. The zero-order valence-electron chi connectivity index (χ0n) is 19.8. The van der Waals surface area contributed by atoms with E-state index >= 15 is 0 Å². The second-order valence-electron chi connectivity index (χ2n) is 8.89. The van der Waals surface area contributed by atoms with Crippen LogP contribution in [0.2, 0.25) is 0 Å². The van der Waals surface area contributed by atoms with Gasteiger partial charge in [0.15, 0.2) is 5.82 Å². The molecule has 0 radical (unpaired) electrons. The number of nitrogens with zero attached hydrogens (tertiary/aromatic N) is 4. The summed E-state index contributed by atoms with van der Waals surface area (Å²) in [6.45, 7) is 10.4. The molecule has 33 heavy (non-hydrogen) atoms. The van der Waals surface area contributed by atoms with Gasteiger partial charge in [0, 0.05) is 44.6 Å². The van der Waals surface area contributed by atoms with Crippen molar-refractivity contribution < 1.29 is 14.7 Å². The monoisotopic (exact) mass is 454 g/mol. The summed E-state index contributed by atoms with van der Waals surface area (Å²) >= 11 is 0. The highest BCUT2D eigenvalue weighted by Crippen LogP contribution is 2.24. The molecule has 2 aromatic heterocycles. The normalized spacial score (nSPS) is 15.0. The third-order valence-electron chi connectivity index (χ3n) is 5.66. The third-order valence-corrected chi connectivity index (χ3v) is 5.66. The van der Waals surface area contributed by atoms with Crippen LogP contribution in [0, 0.1) is 5.92 Å². The number of rotatable bonds is 8. The summed E-state index contributed by atoms with van der Waals surface area (Å²) in [6.07, 6.45) is 3.19. The minimum Gasteiger partial charge on any atom is -0.394 e. The number of pyridine rings is 2. The van der Waals surface area contributed by atoms with Crippen molar-refractivity contribution in [2.45, 2.75) is 39.8 Å². The quantitative estimate of drug-likeness (QED) is 0.560. The standard InChI is InChI=1S/C24H34N6O3/c1-16(2)21(15-31)28-23(32)18-7-8-20(26-14-18)24(33)30-12-10-29(11-13-30)22-19(27-17(3)4)6-5-9-25-22/h5-9,14,16-17,21,27,31H,10-13,15H2,1-4H3,(H,28,32)/t21-/m1/s1. The average Bonchev–Trinajstić information content (AvgIpc) is 2.82. The first-order chi connectivity index (χ1) is 15.8. The molecule has 3 N–H and O–H groups in total.